The maximum absolute atomic E-state index is 6.37. The molecule has 202 valence electrons. The van der Waals surface area contributed by atoms with Crippen molar-refractivity contribution in [1.82, 2.24) is 9.55 Å². The number of benzene rings is 7. The largest absolute Gasteiger partial charge is 0.456 e. The van der Waals surface area contributed by atoms with Crippen molar-refractivity contribution in [2.24, 2.45) is 0 Å². The molecule has 0 N–H and O–H groups in total. The number of aryl methyl sites for hydroxylation is 1. The molecule has 7 aromatic carbocycles. The average molecular weight is 551 g/mol. The Bertz CT molecular complexity index is 2520. The van der Waals surface area contributed by atoms with E-state index in [1.54, 1.807) is 0 Å². The van der Waals surface area contributed by atoms with Crippen molar-refractivity contribution in [3.05, 3.63) is 145 Å². The van der Waals surface area contributed by atoms with Gasteiger partial charge < -0.3 is 4.42 Å². The molecule has 3 nitrogen and oxygen atoms in total. The van der Waals surface area contributed by atoms with Crippen molar-refractivity contribution in [2.45, 2.75) is 6.92 Å². The molecular weight excluding hydrogens is 524 g/mol. The summed E-state index contributed by atoms with van der Waals surface area (Å²) >= 11 is 0. The van der Waals surface area contributed by atoms with Crippen molar-refractivity contribution < 1.29 is 4.42 Å². The summed E-state index contributed by atoms with van der Waals surface area (Å²) in [7, 11) is 0. The summed E-state index contributed by atoms with van der Waals surface area (Å²) in [6, 6.07) is 49.6. The van der Waals surface area contributed by atoms with E-state index < -0.39 is 0 Å². The second kappa shape index (κ2) is 9.17. The van der Waals surface area contributed by atoms with Crippen molar-refractivity contribution in [3.8, 4) is 27.9 Å². The Kier molecular flexibility index (Phi) is 5.11. The molecule has 0 spiro atoms. The molecule has 9 rings (SSSR count). The quantitative estimate of drug-likeness (QED) is 0.205. The first-order valence-corrected chi connectivity index (χ1v) is 14.7. The number of rotatable bonds is 3. The molecule has 0 atom stereocenters. The SMILES string of the molecule is Cc1nc2ccccc2n1-c1c2ccccc2c(-c2cccc3oc4ccccc4c23)c2cc(-c3ccccc3)ccc12. The summed E-state index contributed by atoms with van der Waals surface area (Å²) in [5.74, 6) is 0.968. The fraction of sp³-hybridized carbons (Fsp3) is 0.0250. The minimum Gasteiger partial charge on any atom is -0.456 e. The zero-order chi connectivity index (χ0) is 28.5. The van der Waals surface area contributed by atoms with Crippen LogP contribution in [0.2, 0.25) is 0 Å². The van der Waals surface area contributed by atoms with Crippen LogP contribution >= 0.6 is 0 Å². The van der Waals surface area contributed by atoms with Gasteiger partial charge in [-0.3, -0.25) is 4.57 Å². The second-order valence-corrected chi connectivity index (χ2v) is 11.2. The van der Waals surface area contributed by atoms with E-state index in [2.05, 4.69) is 145 Å². The number of imidazole rings is 1. The van der Waals surface area contributed by atoms with E-state index in [0.717, 1.165) is 44.5 Å². The van der Waals surface area contributed by atoms with E-state index in [4.69, 9.17) is 9.40 Å². The van der Waals surface area contributed by atoms with Gasteiger partial charge in [0.25, 0.3) is 0 Å². The highest BCUT2D eigenvalue weighted by atomic mass is 16.3. The van der Waals surface area contributed by atoms with Gasteiger partial charge in [0.05, 0.1) is 16.7 Å². The van der Waals surface area contributed by atoms with E-state index in [1.165, 1.54) is 43.8 Å². The van der Waals surface area contributed by atoms with Crippen LogP contribution in [0.4, 0.5) is 0 Å². The van der Waals surface area contributed by atoms with Crippen molar-refractivity contribution in [1.29, 1.82) is 0 Å². The van der Waals surface area contributed by atoms with E-state index >= 15 is 0 Å². The fourth-order valence-corrected chi connectivity index (χ4v) is 6.91. The van der Waals surface area contributed by atoms with Crippen LogP contribution < -0.4 is 0 Å². The molecule has 3 heteroatoms. The number of fused-ring (bicyclic) bond motifs is 6. The van der Waals surface area contributed by atoms with Gasteiger partial charge in [-0.05, 0) is 70.3 Å². The number of furan rings is 1. The lowest BCUT2D eigenvalue weighted by Crippen LogP contribution is -2.01. The first-order chi connectivity index (χ1) is 21.3. The third-order valence-electron chi connectivity index (χ3n) is 8.73. The van der Waals surface area contributed by atoms with Gasteiger partial charge in [0, 0.05) is 21.5 Å². The normalized spacial score (nSPS) is 11.8. The van der Waals surface area contributed by atoms with E-state index in [0.29, 0.717) is 0 Å². The van der Waals surface area contributed by atoms with E-state index in [-0.39, 0.29) is 0 Å². The van der Waals surface area contributed by atoms with Gasteiger partial charge in [0.15, 0.2) is 0 Å². The highest BCUT2D eigenvalue weighted by molar-refractivity contribution is 6.24. The molecule has 43 heavy (non-hydrogen) atoms. The predicted molar refractivity (Wildman–Crippen MR) is 179 cm³/mol. The number of hydrogen-bond donors (Lipinski definition) is 0. The third-order valence-corrected chi connectivity index (χ3v) is 8.73. The lowest BCUT2D eigenvalue weighted by molar-refractivity contribution is 0.669. The smallest absolute Gasteiger partial charge is 0.136 e. The predicted octanol–water partition coefficient (Wildman–Crippen LogP) is 10.9. The first kappa shape index (κ1) is 24.0. The second-order valence-electron chi connectivity index (χ2n) is 11.2. The van der Waals surface area contributed by atoms with Crippen LogP contribution in [0.25, 0.3) is 82.5 Å². The van der Waals surface area contributed by atoms with Gasteiger partial charge >= 0.3 is 0 Å². The highest BCUT2D eigenvalue weighted by Gasteiger charge is 2.22. The Morgan fingerprint density at radius 1 is 0.535 bits per heavy atom. The highest BCUT2D eigenvalue weighted by Crippen LogP contribution is 2.46. The molecule has 0 aliphatic carbocycles. The summed E-state index contributed by atoms with van der Waals surface area (Å²) in [5, 5.41) is 7.05. The molecule has 0 saturated heterocycles. The first-order valence-electron chi connectivity index (χ1n) is 14.7. The zero-order valence-electron chi connectivity index (χ0n) is 23.6. The van der Waals surface area contributed by atoms with Crippen LogP contribution in [-0.2, 0) is 0 Å². The van der Waals surface area contributed by atoms with Gasteiger partial charge in [0.1, 0.15) is 17.0 Å². The van der Waals surface area contributed by atoms with Crippen molar-refractivity contribution in [2.75, 3.05) is 0 Å². The minimum absolute atomic E-state index is 0.899. The number of hydrogen-bond acceptors (Lipinski definition) is 2. The zero-order valence-corrected chi connectivity index (χ0v) is 23.6. The maximum atomic E-state index is 6.37. The maximum Gasteiger partial charge on any atom is 0.136 e. The molecule has 0 bridgehead atoms. The minimum atomic E-state index is 0.899. The number of para-hydroxylation sites is 3. The van der Waals surface area contributed by atoms with Gasteiger partial charge in [-0.25, -0.2) is 4.98 Å². The van der Waals surface area contributed by atoms with Gasteiger partial charge in [-0.15, -0.1) is 0 Å². The monoisotopic (exact) mass is 550 g/mol. The molecule has 0 aliphatic rings. The topological polar surface area (TPSA) is 31.0 Å². The summed E-state index contributed by atoms with van der Waals surface area (Å²) in [6.07, 6.45) is 0. The Hall–Kier alpha value is -5.67. The average Bonchev–Trinajstić information content (AvgIpc) is 3.61. The number of aromatic nitrogens is 2. The lowest BCUT2D eigenvalue weighted by atomic mass is 9.87. The molecule has 2 aromatic heterocycles. The lowest BCUT2D eigenvalue weighted by Gasteiger charge is -2.20. The van der Waals surface area contributed by atoms with Gasteiger partial charge in [-0.2, -0.15) is 0 Å². The van der Waals surface area contributed by atoms with Crippen molar-refractivity contribution >= 4 is 54.5 Å². The van der Waals surface area contributed by atoms with Gasteiger partial charge in [-0.1, -0.05) is 109 Å². The van der Waals surface area contributed by atoms with Crippen LogP contribution in [-0.4, -0.2) is 9.55 Å². The number of nitrogens with zero attached hydrogens (tertiary/aromatic N) is 2. The molecule has 0 unspecified atom stereocenters. The van der Waals surface area contributed by atoms with E-state index in [9.17, 15) is 0 Å². The molecule has 9 aromatic rings. The summed E-state index contributed by atoms with van der Waals surface area (Å²) < 4.78 is 8.70. The van der Waals surface area contributed by atoms with Crippen LogP contribution in [0.15, 0.2) is 144 Å². The fourth-order valence-electron chi connectivity index (χ4n) is 6.91. The Labute approximate surface area is 248 Å². The molecule has 0 radical (unpaired) electrons. The van der Waals surface area contributed by atoms with Crippen molar-refractivity contribution in [3.63, 3.8) is 0 Å². The Balaban J connectivity index is 1.50. The Morgan fingerprint density at radius 3 is 2.12 bits per heavy atom. The molecule has 0 aliphatic heterocycles. The van der Waals surface area contributed by atoms with Crippen LogP contribution in [0, 0.1) is 6.92 Å². The standard InChI is InChI=1S/C40H26N2O/c1-25-41-34-18-8-9-19-35(34)42(25)40-29-15-6-5-14-28(29)38(33-24-27(22-23-30(33)40)26-12-3-2-4-13-26)32-17-11-21-37-39(32)31-16-7-10-20-36(31)43-37/h2-24H,1H3. The summed E-state index contributed by atoms with van der Waals surface area (Å²) in [4.78, 5) is 4.97. The molecule has 2 heterocycles. The molecular formula is C40H26N2O. The summed E-state index contributed by atoms with van der Waals surface area (Å²) in [5.41, 5.74) is 9.83. The van der Waals surface area contributed by atoms with Gasteiger partial charge in [0.2, 0.25) is 0 Å². The summed E-state index contributed by atoms with van der Waals surface area (Å²) in [6.45, 7) is 2.10. The molecule has 0 saturated carbocycles. The van der Waals surface area contributed by atoms with Crippen LogP contribution in [0.3, 0.4) is 0 Å². The third kappa shape index (κ3) is 3.52. The van der Waals surface area contributed by atoms with E-state index in [1.807, 2.05) is 6.07 Å². The Morgan fingerprint density at radius 2 is 1.23 bits per heavy atom. The molecule has 0 fully saturated rings. The molecule has 0 amide bonds. The van der Waals surface area contributed by atoms with Crippen LogP contribution in [0.5, 0.6) is 0 Å². The van der Waals surface area contributed by atoms with Crippen LogP contribution in [0.1, 0.15) is 5.82 Å².